The normalized spacial score (nSPS) is 13.0. The van der Waals surface area contributed by atoms with Crippen LogP contribution in [-0.4, -0.2) is 30.1 Å². The number of aryl methyl sites for hydroxylation is 2. The van der Waals surface area contributed by atoms with E-state index in [1.165, 1.54) is 12.1 Å². The first-order chi connectivity index (χ1) is 17.1. The molecule has 1 atom stereocenters. The first kappa shape index (κ1) is 25.7. The number of aromatic nitrogens is 5. The third kappa shape index (κ3) is 5.23. The van der Waals surface area contributed by atoms with Gasteiger partial charge in [-0.15, -0.1) is 5.10 Å². The van der Waals surface area contributed by atoms with Crippen molar-refractivity contribution in [2.24, 2.45) is 0 Å². The van der Waals surface area contributed by atoms with Gasteiger partial charge in [-0.05, 0) is 91.7 Å². The second-order valence-corrected chi connectivity index (χ2v) is 10.2. The Hall–Kier alpha value is -3.39. The lowest BCUT2D eigenvalue weighted by molar-refractivity contribution is 0.150. The number of fused-ring (bicyclic) bond motifs is 1. The molecular weight excluding hydrogens is 455 g/mol. The molecule has 0 aliphatic rings. The summed E-state index contributed by atoms with van der Waals surface area (Å²) in [6.45, 7) is 13.4. The van der Waals surface area contributed by atoms with Gasteiger partial charge >= 0.3 is 0 Å². The molecule has 0 radical (unpaired) electrons. The monoisotopic (exact) mass is 490 g/mol. The summed E-state index contributed by atoms with van der Waals surface area (Å²) in [5, 5.41) is 13.8. The molecule has 7 nitrogen and oxygen atoms in total. The topological polar surface area (TPSA) is 79.7 Å². The molecular formula is C28H35FN6O. The van der Waals surface area contributed by atoms with E-state index in [2.05, 4.69) is 72.2 Å². The lowest BCUT2D eigenvalue weighted by Crippen LogP contribution is -2.36. The molecule has 0 aliphatic carbocycles. The van der Waals surface area contributed by atoms with Gasteiger partial charge in [-0.1, -0.05) is 37.6 Å². The van der Waals surface area contributed by atoms with Crippen LogP contribution in [0, 0.1) is 19.7 Å². The number of halogens is 1. The Balaban J connectivity index is 1.79. The van der Waals surface area contributed by atoms with Crippen molar-refractivity contribution in [1.29, 1.82) is 0 Å². The molecule has 4 rings (SSSR count). The molecule has 0 spiro atoms. The predicted octanol–water partition coefficient (Wildman–Crippen LogP) is 5.57. The summed E-state index contributed by atoms with van der Waals surface area (Å²) >= 11 is 0. The summed E-state index contributed by atoms with van der Waals surface area (Å²) in [6.07, 6.45) is 1.60. The number of pyridine rings is 1. The van der Waals surface area contributed by atoms with E-state index in [4.69, 9.17) is 0 Å². The van der Waals surface area contributed by atoms with E-state index >= 15 is 0 Å². The van der Waals surface area contributed by atoms with Crippen molar-refractivity contribution in [3.05, 3.63) is 86.7 Å². The fourth-order valence-corrected chi connectivity index (χ4v) is 4.76. The van der Waals surface area contributed by atoms with Crippen LogP contribution in [0.4, 0.5) is 4.39 Å². The molecule has 0 bridgehead atoms. The lowest BCUT2D eigenvalue weighted by Gasteiger charge is -2.33. The zero-order valence-electron chi connectivity index (χ0n) is 22.0. The Morgan fingerprint density at radius 2 is 1.81 bits per heavy atom. The van der Waals surface area contributed by atoms with Crippen molar-refractivity contribution < 1.29 is 4.39 Å². The highest BCUT2D eigenvalue weighted by atomic mass is 19.1. The van der Waals surface area contributed by atoms with Crippen molar-refractivity contribution in [1.82, 2.24) is 30.1 Å². The van der Waals surface area contributed by atoms with E-state index in [1.807, 2.05) is 17.7 Å². The third-order valence-electron chi connectivity index (χ3n) is 7.10. The smallest absolute Gasteiger partial charge is 0.252 e. The van der Waals surface area contributed by atoms with Gasteiger partial charge in [0.15, 0.2) is 5.82 Å². The number of aromatic amines is 1. The first-order valence-electron chi connectivity index (χ1n) is 12.5. The van der Waals surface area contributed by atoms with Crippen LogP contribution >= 0.6 is 0 Å². The van der Waals surface area contributed by atoms with E-state index in [9.17, 15) is 9.18 Å². The fourth-order valence-electron chi connectivity index (χ4n) is 4.76. The van der Waals surface area contributed by atoms with Crippen LogP contribution in [0.25, 0.3) is 10.9 Å². The van der Waals surface area contributed by atoms with E-state index in [1.54, 1.807) is 12.1 Å². The molecule has 36 heavy (non-hydrogen) atoms. The molecule has 2 aromatic carbocycles. The summed E-state index contributed by atoms with van der Waals surface area (Å²) in [5.74, 6) is 0.484. The predicted molar refractivity (Wildman–Crippen MR) is 140 cm³/mol. The largest absolute Gasteiger partial charge is 0.321 e. The first-order valence-corrected chi connectivity index (χ1v) is 12.5. The number of tetrazole rings is 1. The number of nitrogens with zero attached hydrogens (tertiary/aromatic N) is 5. The quantitative estimate of drug-likeness (QED) is 0.332. The number of H-pyrrole nitrogens is 1. The van der Waals surface area contributed by atoms with Gasteiger partial charge in [-0.25, -0.2) is 9.07 Å². The van der Waals surface area contributed by atoms with Gasteiger partial charge in [-0.2, -0.15) is 0 Å². The SMILES string of the molecule is CC[C@H](c1nnnn1C(C)(C)CC)N(Cc1ccc(F)cc1)Cc1cc2cc(C)cc(C)c2[nH]c1=O. The summed E-state index contributed by atoms with van der Waals surface area (Å²) in [4.78, 5) is 18.5. The van der Waals surface area contributed by atoms with E-state index in [0.717, 1.165) is 46.3 Å². The highest BCUT2D eigenvalue weighted by Gasteiger charge is 2.31. The summed E-state index contributed by atoms with van der Waals surface area (Å²) in [7, 11) is 0. The zero-order valence-corrected chi connectivity index (χ0v) is 22.0. The Morgan fingerprint density at radius 1 is 1.08 bits per heavy atom. The second kappa shape index (κ2) is 10.3. The number of rotatable bonds is 9. The lowest BCUT2D eigenvalue weighted by atomic mass is 10.0. The van der Waals surface area contributed by atoms with Crippen molar-refractivity contribution >= 4 is 10.9 Å². The molecule has 0 saturated carbocycles. The summed E-state index contributed by atoms with van der Waals surface area (Å²) < 4.78 is 15.5. The maximum Gasteiger partial charge on any atom is 0.252 e. The molecule has 0 unspecified atom stereocenters. The molecule has 2 heterocycles. The number of hydrogen-bond donors (Lipinski definition) is 1. The van der Waals surface area contributed by atoms with Crippen LogP contribution in [0.15, 0.2) is 47.3 Å². The van der Waals surface area contributed by atoms with Crippen LogP contribution in [0.3, 0.4) is 0 Å². The summed E-state index contributed by atoms with van der Waals surface area (Å²) in [5.41, 5.74) is 4.30. The second-order valence-electron chi connectivity index (χ2n) is 10.2. The van der Waals surface area contributed by atoms with Crippen molar-refractivity contribution in [3.8, 4) is 0 Å². The van der Waals surface area contributed by atoms with Crippen LogP contribution in [0.5, 0.6) is 0 Å². The van der Waals surface area contributed by atoms with E-state index in [-0.39, 0.29) is 23.0 Å². The third-order valence-corrected chi connectivity index (χ3v) is 7.10. The average Bonchev–Trinajstić information content (AvgIpc) is 3.32. The Bertz CT molecular complexity index is 1410. The van der Waals surface area contributed by atoms with Gasteiger partial charge in [-0.3, -0.25) is 9.69 Å². The highest BCUT2D eigenvalue weighted by Crippen LogP contribution is 2.30. The number of nitrogens with one attached hydrogen (secondary N) is 1. The molecule has 2 aromatic heterocycles. The highest BCUT2D eigenvalue weighted by molar-refractivity contribution is 5.82. The number of hydrogen-bond acceptors (Lipinski definition) is 5. The number of benzene rings is 2. The van der Waals surface area contributed by atoms with Crippen LogP contribution in [0.1, 0.15) is 74.7 Å². The van der Waals surface area contributed by atoms with Gasteiger partial charge in [0.1, 0.15) is 5.82 Å². The maximum absolute atomic E-state index is 13.6. The van der Waals surface area contributed by atoms with Gasteiger partial charge < -0.3 is 4.98 Å². The fraction of sp³-hybridized carbons (Fsp3) is 0.429. The van der Waals surface area contributed by atoms with Gasteiger partial charge in [0.05, 0.1) is 17.1 Å². The molecule has 0 aliphatic heterocycles. The minimum Gasteiger partial charge on any atom is -0.321 e. The van der Waals surface area contributed by atoms with Crippen molar-refractivity contribution in [2.45, 2.75) is 79.1 Å². The van der Waals surface area contributed by atoms with E-state index < -0.39 is 0 Å². The maximum atomic E-state index is 13.6. The minimum absolute atomic E-state index is 0.109. The molecule has 190 valence electrons. The average molecular weight is 491 g/mol. The molecule has 0 fully saturated rings. The zero-order chi connectivity index (χ0) is 26.0. The standard InChI is InChI=1S/C28H35FN6O/c1-7-24(26-31-32-33-35(26)28(5,6)8-2)34(16-20-9-11-23(29)12-10-20)17-22-15-21-14-18(3)13-19(4)25(21)30-27(22)36/h9-15,24H,7-8,16-17H2,1-6H3,(H,30,36)/t24-/m1/s1. The Labute approximate surface area is 211 Å². The Morgan fingerprint density at radius 3 is 2.47 bits per heavy atom. The van der Waals surface area contributed by atoms with Gasteiger partial charge in [0.2, 0.25) is 0 Å². The van der Waals surface area contributed by atoms with Crippen LogP contribution in [-0.2, 0) is 18.6 Å². The molecule has 0 saturated heterocycles. The van der Waals surface area contributed by atoms with Crippen LogP contribution < -0.4 is 5.56 Å². The molecule has 0 amide bonds. The molecule has 8 heteroatoms. The van der Waals surface area contributed by atoms with Crippen molar-refractivity contribution in [3.63, 3.8) is 0 Å². The van der Waals surface area contributed by atoms with Gasteiger partial charge in [0, 0.05) is 18.7 Å². The van der Waals surface area contributed by atoms with Gasteiger partial charge in [0.25, 0.3) is 5.56 Å². The van der Waals surface area contributed by atoms with Crippen molar-refractivity contribution in [2.75, 3.05) is 0 Å². The minimum atomic E-state index is -0.275. The van der Waals surface area contributed by atoms with E-state index in [0.29, 0.717) is 18.7 Å². The molecule has 4 aromatic rings. The Kier molecular flexibility index (Phi) is 7.36. The van der Waals surface area contributed by atoms with Crippen LogP contribution in [0.2, 0.25) is 0 Å². The summed E-state index contributed by atoms with van der Waals surface area (Å²) in [6, 6.07) is 12.5. The molecule has 1 N–H and O–H groups in total.